The quantitative estimate of drug-likeness (QED) is 0.564. The Kier molecular flexibility index (Phi) is 6.96. The lowest BCUT2D eigenvalue weighted by Gasteiger charge is -2.09. The van der Waals surface area contributed by atoms with Gasteiger partial charge in [0.2, 0.25) is 0 Å². The summed E-state index contributed by atoms with van der Waals surface area (Å²) in [6.45, 7) is 6.63. The Balaban J connectivity index is 2.01. The van der Waals surface area contributed by atoms with Crippen LogP contribution in [0, 0.1) is 0 Å². The monoisotopic (exact) mass is 245 g/mol. The third kappa shape index (κ3) is 6.12. The van der Waals surface area contributed by atoms with E-state index in [1.54, 1.807) is 28.6 Å². The summed E-state index contributed by atoms with van der Waals surface area (Å²) in [6, 6.07) is 0. The first kappa shape index (κ1) is 12.9. The molecular weight excluding hydrogens is 226 g/mol. The first-order chi connectivity index (χ1) is 7.33. The lowest BCUT2D eigenvalue weighted by atomic mass is 10.2. The van der Waals surface area contributed by atoms with E-state index in [9.17, 15) is 0 Å². The Morgan fingerprint density at radius 3 is 3.07 bits per heavy atom. The maximum absolute atomic E-state index is 4.02. The van der Waals surface area contributed by atoms with Crippen molar-refractivity contribution in [1.82, 2.24) is 15.5 Å². The van der Waals surface area contributed by atoms with Gasteiger partial charge in [0.1, 0.15) is 5.51 Å². The van der Waals surface area contributed by atoms with Crippen molar-refractivity contribution >= 4 is 23.1 Å². The SMILES string of the molecule is CCCCCNCC(C)Sc1nncs1. The van der Waals surface area contributed by atoms with Gasteiger partial charge in [0.15, 0.2) is 4.34 Å². The van der Waals surface area contributed by atoms with E-state index >= 15 is 0 Å². The number of thioether (sulfide) groups is 1. The fourth-order valence-electron chi connectivity index (χ4n) is 1.23. The van der Waals surface area contributed by atoms with E-state index in [1.165, 1.54) is 19.3 Å². The molecule has 0 saturated heterocycles. The van der Waals surface area contributed by atoms with Crippen molar-refractivity contribution in [3.05, 3.63) is 5.51 Å². The van der Waals surface area contributed by atoms with Crippen molar-refractivity contribution in [2.45, 2.75) is 42.7 Å². The van der Waals surface area contributed by atoms with E-state index in [4.69, 9.17) is 0 Å². The topological polar surface area (TPSA) is 37.8 Å². The summed E-state index contributed by atoms with van der Waals surface area (Å²) in [5, 5.41) is 11.9. The van der Waals surface area contributed by atoms with Gasteiger partial charge in [0, 0.05) is 11.8 Å². The third-order valence-electron chi connectivity index (χ3n) is 2.03. The second-order valence-corrected chi connectivity index (χ2v) is 6.06. The highest BCUT2D eigenvalue weighted by Gasteiger charge is 2.05. The van der Waals surface area contributed by atoms with Crippen molar-refractivity contribution < 1.29 is 0 Å². The van der Waals surface area contributed by atoms with Gasteiger partial charge in [-0.25, -0.2) is 0 Å². The maximum atomic E-state index is 4.02. The average molecular weight is 245 g/mol. The van der Waals surface area contributed by atoms with Gasteiger partial charge in [-0.05, 0) is 13.0 Å². The Bertz CT molecular complexity index is 239. The fourth-order valence-corrected chi connectivity index (χ4v) is 3.00. The van der Waals surface area contributed by atoms with Crippen LogP contribution in [0.25, 0.3) is 0 Å². The summed E-state index contributed by atoms with van der Waals surface area (Å²) in [5.74, 6) is 0. The summed E-state index contributed by atoms with van der Waals surface area (Å²) in [5.41, 5.74) is 1.78. The van der Waals surface area contributed by atoms with Gasteiger partial charge < -0.3 is 5.32 Å². The minimum atomic E-state index is 0.569. The smallest absolute Gasteiger partial charge is 0.174 e. The summed E-state index contributed by atoms with van der Waals surface area (Å²) >= 11 is 3.41. The minimum absolute atomic E-state index is 0.569. The van der Waals surface area contributed by atoms with Gasteiger partial charge in [-0.15, -0.1) is 10.2 Å². The maximum Gasteiger partial charge on any atom is 0.174 e. The second kappa shape index (κ2) is 8.07. The van der Waals surface area contributed by atoms with Crippen LogP contribution < -0.4 is 5.32 Å². The van der Waals surface area contributed by atoms with Crippen molar-refractivity contribution in [3.8, 4) is 0 Å². The first-order valence-corrected chi connectivity index (χ1v) is 7.22. The van der Waals surface area contributed by atoms with Gasteiger partial charge in [-0.1, -0.05) is 49.8 Å². The van der Waals surface area contributed by atoms with Crippen LogP contribution in [0.4, 0.5) is 0 Å². The Morgan fingerprint density at radius 2 is 2.40 bits per heavy atom. The number of aromatic nitrogens is 2. The van der Waals surface area contributed by atoms with Crippen LogP contribution in [0.5, 0.6) is 0 Å². The molecule has 0 aliphatic heterocycles. The average Bonchev–Trinajstić information content (AvgIpc) is 2.70. The van der Waals surface area contributed by atoms with Crippen molar-refractivity contribution in [2.75, 3.05) is 13.1 Å². The highest BCUT2D eigenvalue weighted by Crippen LogP contribution is 2.23. The fraction of sp³-hybridized carbons (Fsp3) is 0.800. The highest BCUT2D eigenvalue weighted by atomic mass is 32.2. The zero-order valence-electron chi connectivity index (χ0n) is 9.40. The molecule has 15 heavy (non-hydrogen) atoms. The standard InChI is InChI=1S/C10H19N3S2/c1-3-4-5-6-11-7-9(2)15-10-13-12-8-14-10/h8-9,11H,3-7H2,1-2H3. The second-order valence-electron chi connectivity index (χ2n) is 3.54. The summed E-state index contributed by atoms with van der Waals surface area (Å²) in [6.07, 6.45) is 3.90. The molecule has 1 aromatic rings. The Labute approximate surface area is 100 Å². The molecule has 0 amide bonds. The first-order valence-electron chi connectivity index (χ1n) is 5.46. The molecule has 0 spiro atoms. The van der Waals surface area contributed by atoms with E-state index in [0.29, 0.717) is 5.25 Å². The van der Waals surface area contributed by atoms with E-state index in [1.807, 2.05) is 0 Å². The molecule has 0 fully saturated rings. The predicted octanol–water partition coefficient (Wildman–Crippen LogP) is 2.80. The van der Waals surface area contributed by atoms with Gasteiger partial charge in [-0.2, -0.15) is 0 Å². The number of unbranched alkanes of at least 4 members (excludes halogenated alkanes) is 2. The molecule has 0 radical (unpaired) electrons. The molecular formula is C10H19N3S2. The Morgan fingerprint density at radius 1 is 1.53 bits per heavy atom. The minimum Gasteiger partial charge on any atom is -0.316 e. The van der Waals surface area contributed by atoms with Crippen LogP contribution in [-0.4, -0.2) is 28.5 Å². The molecule has 0 saturated carbocycles. The highest BCUT2D eigenvalue weighted by molar-refractivity contribution is 8.01. The van der Waals surface area contributed by atoms with E-state index < -0.39 is 0 Å². The van der Waals surface area contributed by atoms with Gasteiger partial charge in [-0.3, -0.25) is 0 Å². The summed E-state index contributed by atoms with van der Waals surface area (Å²) in [4.78, 5) is 0. The van der Waals surface area contributed by atoms with Gasteiger partial charge in [0.25, 0.3) is 0 Å². The third-order valence-corrected chi connectivity index (χ3v) is 3.94. The number of nitrogens with zero attached hydrogens (tertiary/aromatic N) is 2. The van der Waals surface area contributed by atoms with Crippen molar-refractivity contribution in [1.29, 1.82) is 0 Å². The molecule has 1 unspecified atom stereocenters. The van der Waals surface area contributed by atoms with Crippen LogP contribution in [0.3, 0.4) is 0 Å². The molecule has 3 nitrogen and oxygen atoms in total. The molecule has 1 heterocycles. The molecule has 1 N–H and O–H groups in total. The van der Waals surface area contributed by atoms with Crippen LogP contribution in [0.15, 0.2) is 9.85 Å². The number of rotatable bonds is 8. The van der Waals surface area contributed by atoms with Crippen LogP contribution in [0.2, 0.25) is 0 Å². The summed E-state index contributed by atoms with van der Waals surface area (Å²) < 4.78 is 1.07. The molecule has 0 bridgehead atoms. The molecule has 0 aliphatic carbocycles. The lowest BCUT2D eigenvalue weighted by molar-refractivity contribution is 0.615. The molecule has 0 aliphatic rings. The normalized spacial score (nSPS) is 12.9. The van der Waals surface area contributed by atoms with Crippen LogP contribution in [0.1, 0.15) is 33.1 Å². The molecule has 1 atom stereocenters. The van der Waals surface area contributed by atoms with Crippen LogP contribution in [-0.2, 0) is 0 Å². The number of hydrogen-bond acceptors (Lipinski definition) is 5. The molecule has 1 aromatic heterocycles. The predicted molar refractivity (Wildman–Crippen MR) is 67.6 cm³/mol. The summed E-state index contributed by atoms with van der Waals surface area (Å²) in [7, 11) is 0. The zero-order valence-corrected chi connectivity index (χ0v) is 11.0. The van der Waals surface area contributed by atoms with E-state index in [-0.39, 0.29) is 0 Å². The molecule has 0 aromatic carbocycles. The molecule has 1 rings (SSSR count). The van der Waals surface area contributed by atoms with Crippen molar-refractivity contribution in [2.24, 2.45) is 0 Å². The van der Waals surface area contributed by atoms with E-state index in [0.717, 1.165) is 17.4 Å². The van der Waals surface area contributed by atoms with Gasteiger partial charge in [0.05, 0.1) is 0 Å². The Hall–Kier alpha value is -0.130. The van der Waals surface area contributed by atoms with E-state index in [2.05, 4.69) is 29.4 Å². The zero-order chi connectivity index (χ0) is 10.9. The van der Waals surface area contributed by atoms with Gasteiger partial charge >= 0.3 is 0 Å². The largest absolute Gasteiger partial charge is 0.316 e. The number of nitrogens with one attached hydrogen (secondary N) is 1. The molecule has 5 heteroatoms. The molecule has 86 valence electrons. The lowest BCUT2D eigenvalue weighted by Crippen LogP contribution is -2.23. The van der Waals surface area contributed by atoms with Crippen molar-refractivity contribution in [3.63, 3.8) is 0 Å². The van der Waals surface area contributed by atoms with Crippen LogP contribution >= 0.6 is 23.1 Å². The number of hydrogen-bond donors (Lipinski definition) is 1.